The maximum absolute atomic E-state index is 13.1. The van der Waals surface area contributed by atoms with Gasteiger partial charge in [-0.05, 0) is 69.0 Å². The van der Waals surface area contributed by atoms with Crippen LogP contribution in [0.1, 0.15) is 85.5 Å². The molecular formula is C36H44N2O6. The number of nitrogens with one attached hydrogen (secondary N) is 1. The molecule has 2 fully saturated rings. The van der Waals surface area contributed by atoms with Gasteiger partial charge in [0.2, 0.25) is 0 Å². The summed E-state index contributed by atoms with van der Waals surface area (Å²) in [6.45, 7) is 9.59. The Hall–Kier alpha value is -3.56. The van der Waals surface area contributed by atoms with E-state index in [0.717, 1.165) is 41.6 Å². The molecule has 0 aromatic heterocycles. The number of amides is 1. The topological polar surface area (TPSA) is 97.3 Å². The number of carbonyl (C=O) groups is 2. The summed E-state index contributed by atoms with van der Waals surface area (Å²) in [7, 11) is 0. The van der Waals surface area contributed by atoms with Crippen LogP contribution in [0.4, 0.5) is 0 Å². The van der Waals surface area contributed by atoms with Gasteiger partial charge in [0.15, 0.2) is 6.29 Å². The summed E-state index contributed by atoms with van der Waals surface area (Å²) in [4.78, 5) is 27.7. The molecule has 2 heterocycles. The minimum absolute atomic E-state index is 0.00131. The second-order valence-electron chi connectivity index (χ2n) is 12.8. The van der Waals surface area contributed by atoms with E-state index in [2.05, 4.69) is 17.1 Å². The quantitative estimate of drug-likeness (QED) is 0.304. The number of likely N-dealkylation sites (tertiary alicyclic amines) is 1. The van der Waals surface area contributed by atoms with Gasteiger partial charge in [-0.1, -0.05) is 73.7 Å². The van der Waals surface area contributed by atoms with Gasteiger partial charge in [0.1, 0.15) is 11.6 Å². The van der Waals surface area contributed by atoms with Crippen LogP contribution in [0.2, 0.25) is 0 Å². The SMILES string of the molecule is CC1C(CN2CCCC2C(=O)OC(C)(C)C)OC(c2ccc(CNC(=O)c3ccccc3)cc2)OC1c1ccc(CO)cc1. The van der Waals surface area contributed by atoms with Gasteiger partial charge < -0.3 is 24.6 Å². The molecule has 2 saturated heterocycles. The molecule has 1 amide bonds. The summed E-state index contributed by atoms with van der Waals surface area (Å²) in [6.07, 6.45) is 0.626. The van der Waals surface area contributed by atoms with Crippen LogP contribution in [-0.4, -0.2) is 52.7 Å². The predicted molar refractivity (Wildman–Crippen MR) is 167 cm³/mol. The van der Waals surface area contributed by atoms with Gasteiger partial charge in [-0.3, -0.25) is 14.5 Å². The molecule has 0 radical (unpaired) electrons. The van der Waals surface area contributed by atoms with E-state index in [1.807, 2.05) is 87.5 Å². The Kier molecular flexibility index (Phi) is 10.2. The maximum Gasteiger partial charge on any atom is 0.323 e. The van der Waals surface area contributed by atoms with Gasteiger partial charge >= 0.3 is 5.97 Å². The maximum atomic E-state index is 13.1. The number of esters is 1. The van der Waals surface area contributed by atoms with Crippen molar-refractivity contribution >= 4 is 11.9 Å². The lowest BCUT2D eigenvalue weighted by atomic mass is 9.90. The van der Waals surface area contributed by atoms with Gasteiger partial charge in [-0.2, -0.15) is 0 Å². The number of aliphatic hydroxyl groups excluding tert-OH is 1. The zero-order chi connectivity index (χ0) is 31.3. The molecule has 2 N–H and O–H groups in total. The molecule has 0 spiro atoms. The number of hydrogen-bond donors (Lipinski definition) is 2. The molecule has 5 atom stereocenters. The third kappa shape index (κ3) is 7.93. The van der Waals surface area contributed by atoms with Crippen LogP contribution < -0.4 is 5.32 Å². The minimum atomic E-state index is -0.616. The fraction of sp³-hybridized carbons (Fsp3) is 0.444. The van der Waals surface area contributed by atoms with Crippen LogP contribution in [0, 0.1) is 5.92 Å². The number of rotatable bonds is 9. The largest absolute Gasteiger partial charge is 0.459 e. The molecule has 3 aromatic rings. The average Bonchev–Trinajstić information content (AvgIpc) is 3.49. The molecule has 44 heavy (non-hydrogen) atoms. The molecule has 8 nitrogen and oxygen atoms in total. The summed E-state index contributed by atoms with van der Waals surface area (Å²) in [5, 5.41) is 12.5. The lowest BCUT2D eigenvalue weighted by Gasteiger charge is -2.43. The highest BCUT2D eigenvalue weighted by Gasteiger charge is 2.42. The minimum Gasteiger partial charge on any atom is -0.459 e. The van der Waals surface area contributed by atoms with Crippen LogP contribution >= 0.6 is 0 Å². The first-order valence-corrected chi connectivity index (χ1v) is 15.5. The number of hydrogen-bond acceptors (Lipinski definition) is 7. The normalized spacial score (nSPS) is 24.2. The van der Waals surface area contributed by atoms with Crippen molar-refractivity contribution in [1.29, 1.82) is 0 Å². The Morgan fingerprint density at radius 3 is 2.25 bits per heavy atom. The van der Waals surface area contributed by atoms with Crippen molar-refractivity contribution in [3.63, 3.8) is 0 Å². The van der Waals surface area contributed by atoms with Crippen LogP contribution in [0.15, 0.2) is 78.9 Å². The Bertz CT molecular complexity index is 1390. The van der Waals surface area contributed by atoms with Gasteiger partial charge in [0.25, 0.3) is 5.91 Å². The zero-order valence-electron chi connectivity index (χ0n) is 26.1. The predicted octanol–water partition coefficient (Wildman–Crippen LogP) is 5.71. The van der Waals surface area contributed by atoms with E-state index in [4.69, 9.17) is 14.2 Å². The number of benzene rings is 3. The summed E-state index contributed by atoms with van der Waals surface area (Å²) >= 11 is 0. The third-order valence-electron chi connectivity index (χ3n) is 8.32. The van der Waals surface area contributed by atoms with Crippen LogP contribution in [0.5, 0.6) is 0 Å². The molecule has 2 aliphatic rings. The van der Waals surface area contributed by atoms with Gasteiger partial charge in [-0.15, -0.1) is 0 Å². The van der Waals surface area contributed by atoms with Crippen molar-refractivity contribution in [2.24, 2.45) is 5.92 Å². The van der Waals surface area contributed by atoms with Gasteiger partial charge in [0.05, 0.1) is 18.8 Å². The average molecular weight is 601 g/mol. The highest BCUT2D eigenvalue weighted by atomic mass is 16.7. The van der Waals surface area contributed by atoms with Gasteiger partial charge in [-0.25, -0.2) is 0 Å². The van der Waals surface area contributed by atoms with Crippen LogP contribution in [0.3, 0.4) is 0 Å². The summed E-state index contributed by atoms with van der Waals surface area (Å²) in [6, 6.07) is 24.6. The van der Waals surface area contributed by atoms with E-state index in [0.29, 0.717) is 18.7 Å². The summed E-state index contributed by atoms with van der Waals surface area (Å²) in [5.74, 6) is -0.303. The van der Waals surface area contributed by atoms with E-state index < -0.39 is 11.9 Å². The first kappa shape index (κ1) is 31.9. The Morgan fingerprint density at radius 1 is 0.932 bits per heavy atom. The molecule has 0 saturated carbocycles. The number of nitrogens with zero attached hydrogens (tertiary/aromatic N) is 1. The number of carbonyl (C=O) groups excluding carboxylic acids is 2. The van der Waals surface area contributed by atoms with Crippen molar-refractivity contribution in [3.8, 4) is 0 Å². The fourth-order valence-electron chi connectivity index (χ4n) is 5.91. The van der Waals surface area contributed by atoms with E-state index in [9.17, 15) is 14.7 Å². The number of ether oxygens (including phenoxy) is 3. The molecular weight excluding hydrogens is 556 g/mol. The molecule has 0 aliphatic carbocycles. The fourth-order valence-corrected chi connectivity index (χ4v) is 5.91. The molecule has 0 bridgehead atoms. The van der Waals surface area contributed by atoms with E-state index >= 15 is 0 Å². The molecule has 8 heteroatoms. The van der Waals surface area contributed by atoms with Crippen molar-refractivity contribution in [3.05, 3.63) is 107 Å². The molecule has 5 rings (SSSR count). The van der Waals surface area contributed by atoms with E-state index in [1.165, 1.54) is 0 Å². The van der Waals surface area contributed by atoms with E-state index in [1.54, 1.807) is 12.1 Å². The molecule has 234 valence electrons. The highest BCUT2D eigenvalue weighted by Crippen LogP contribution is 2.42. The second-order valence-corrected chi connectivity index (χ2v) is 12.8. The number of aliphatic hydroxyl groups is 1. The molecule has 2 aliphatic heterocycles. The molecule has 3 aromatic carbocycles. The Morgan fingerprint density at radius 2 is 1.59 bits per heavy atom. The molecule has 5 unspecified atom stereocenters. The Labute approximate surface area is 260 Å². The third-order valence-corrected chi connectivity index (χ3v) is 8.32. The Balaban J connectivity index is 1.32. The highest BCUT2D eigenvalue weighted by molar-refractivity contribution is 5.94. The van der Waals surface area contributed by atoms with Crippen molar-refractivity contribution in [2.45, 2.75) is 83.8 Å². The lowest BCUT2D eigenvalue weighted by Crippen LogP contribution is -2.48. The summed E-state index contributed by atoms with van der Waals surface area (Å²) < 4.78 is 19.0. The van der Waals surface area contributed by atoms with E-state index in [-0.39, 0.29) is 42.7 Å². The first-order chi connectivity index (χ1) is 21.1. The monoisotopic (exact) mass is 600 g/mol. The second kappa shape index (κ2) is 14.0. The standard InChI is InChI=1S/C36H44N2O6/c1-24-31(22-38-20-8-11-30(38)34(41)44-36(2,3)4)42-35(43-32(24)27-16-14-26(23-39)15-17-27)29-18-12-25(13-19-29)21-37-33(40)28-9-6-5-7-10-28/h5-7,9-10,12-19,24,30-32,35,39H,8,11,20-23H2,1-4H3,(H,37,40). The van der Waals surface area contributed by atoms with Crippen LogP contribution in [0.25, 0.3) is 0 Å². The van der Waals surface area contributed by atoms with Gasteiger partial charge in [0, 0.05) is 30.1 Å². The van der Waals surface area contributed by atoms with Crippen molar-refractivity contribution < 1.29 is 28.9 Å². The van der Waals surface area contributed by atoms with Crippen LogP contribution in [-0.2, 0) is 32.2 Å². The smallest absolute Gasteiger partial charge is 0.323 e. The van der Waals surface area contributed by atoms with Crippen molar-refractivity contribution in [1.82, 2.24) is 10.2 Å². The first-order valence-electron chi connectivity index (χ1n) is 15.5. The van der Waals surface area contributed by atoms with Crippen molar-refractivity contribution in [2.75, 3.05) is 13.1 Å². The summed E-state index contributed by atoms with van der Waals surface area (Å²) in [5.41, 5.74) is 3.78. The lowest BCUT2D eigenvalue weighted by molar-refractivity contribution is -0.276. The zero-order valence-corrected chi connectivity index (χ0v) is 26.1.